The molecule has 1 fully saturated rings. The molecule has 3 aromatic carbocycles. The number of nitrogens with zero attached hydrogens (tertiary/aromatic N) is 12. The molecule has 0 aliphatic heterocycles. The summed E-state index contributed by atoms with van der Waals surface area (Å²) in [7, 11) is 1.81. The Labute approximate surface area is 622 Å². The quantitative estimate of drug-likeness (QED) is 0.0480. The summed E-state index contributed by atoms with van der Waals surface area (Å²) in [5.41, 5.74) is 20.3. The van der Waals surface area contributed by atoms with Crippen LogP contribution in [0.3, 0.4) is 0 Å². The van der Waals surface area contributed by atoms with Gasteiger partial charge in [-0.1, -0.05) is 106 Å². The van der Waals surface area contributed by atoms with Gasteiger partial charge in [0.25, 0.3) is 16.7 Å². The fourth-order valence-corrected chi connectivity index (χ4v) is 13.2. The van der Waals surface area contributed by atoms with Gasteiger partial charge >= 0.3 is 0 Å². The van der Waals surface area contributed by atoms with Crippen molar-refractivity contribution in [3.63, 3.8) is 0 Å². The van der Waals surface area contributed by atoms with Crippen LogP contribution in [-0.4, -0.2) is 85.0 Å². The van der Waals surface area contributed by atoms with E-state index in [0.29, 0.717) is 117 Å². The summed E-state index contributed by atoms with van der Waals surface area (Å²) in [6, 6.07) is 35.7. The van der Waals surface area contributed by atoms with Gasteiger partial charge < -0.3 is 43.6 Å². The summed E-state index contributed by atoms with van der Waals surface area (Å²) in [4.78, 5) is 65.2. The maximum atomic E-state index is 14.7. The Hall–Kier alpha value is -11.0. The van der Waals surface area contributed by atoms with E-state index >= 15 is 0 Å². The molecule has 4 N–H and O–H groups in total. The van der Waals surface area contributed by atoms with E-state index in [9.17, 15) is 27.6 Å². The summed E-state index contributed by atoms with van der Waals surface area (Å²) in [5.74, 6) is 1.03. The van der Waals surface area contributed by atoms with E-state index in [1.165, 1.54) is 6.07 Å². The molecule has 1 saturated carbocycles. The van der Waals surface area contributed by atoms with Gasteiger partial charge in [-0.2, -0.15) is 0 Å². The number of nitrogens with two attached hydrogens (primary N) is 1. The number of hydrogen-bond acceptors (Lipinski definition) is 18. The zero-order valence-corrected chi connectivity index (χ0v) is 61.5. The van der Waals surface area contributed by atoms with E-state index in [-0.39, 0.29) is 55.2 Å². The Morgan fingerprint density at radius 1 is 0.509 bits per heavy atom. The average Bonchev–Trinajstić information content (AvgIpc) is 1.39. The Morgan fingerprint density at radius 3 is 1.35 bits per heavy atom. The number of rotatable bonds is 25. The molecule has 106 heavy (non-hydrogen) atoms. The van der Waals surface area contributed by atoms with Gasteiger partial charge in [-0.3, -0.25) is 29.3 Å². The first-order valence-electron chi connectivity index (χ1n) is 36.3. The Kier molecular flexibility index (Phi) is 25.3. The molecular weight excluding hydrogens is 1350 g/mol. The summed E-state index contributed by atoms with van der Waals surface area (Å²) in [6.45, 7) is 18.7. The molecule has 1 aliphatic carbocycles. The average molecular weight is 1450 g/mol. The van der Waals surface area contributed by atoms with E-state index in [1.54, 1.807) is 93.0 Å². The molecule has 9 aromatic heterocycles. The Morgan fingerprint density at radius 2 is 0.934 bits per heavy atom. The van der Waals surface area contributed by atoms with Gasteiger partial charge in [-0.15, -0.1) is 0 Å². The molecule has 12 aromatic rings. The van der Waals surface area contributed by atoms with Crippen LogP contribution in [0.5, 0.6) is 0 Å². The largest absolute Gasteiger partial charge is 0.354 e. The van der Waals surface area contributed by atoms with Crippen LogP contribution in [0.1, 0.15) is 166 Å². The number of benzene rings is 3. The van der Waals surface area contributed by atoms with Crippen LogP contribution in [0.4, 0.5) is 13.2 Å². The maximum Gasteiger partial charge on any atom is 0.250 e. The van der Waals surface area contributed by atoms with Crippen molar-refractivity contribution in [2.24, 2.45) is 5.73 Å². The smallest absolute Gasteiger partial charge is 0.250 e. The second-order valence-corrected chi connectivity index (χ2v) is 26.6. The first kappa shape index (κ1) is 76.2. The van der Waals surface area contributed by atoms with Crippen LogP contribution in [-0.2, 0) is 13.1 Å². The molecule has 9 heterocycles. The number of pyridine rings is 3. The summed E-state index contributed by atoms with van der Waals surface area (Å²) in [5, 5.41) is 19.0. The highest BCUT2D eigenvalue weighted by Gasteiger charge is 2.25. The zero-order valence-electron chi connectivity index (χ0n) is 61.5. The number of aromatic nitrogens is 12. The monoisotopic (exact) mass is 1450 g/mol. The SMILES string of the molecule is CCC(CC)n1cc(-c2cnc(C)c(-c3cc(-c4ccc(CNC)cc4F)no3)n2)ccc1=O.CCC(CC)n1cc(-c2cnc(C)c(-c3cc(-c4ccc(CN[C@@H]5CCC(F)C5)cc4)no3)n2)ccc1=O.CCC(CC)n1cc(-c2cnc(C)c(-c3cc(-c4cccc(C(N)CF)c4)no3)n2)ccc1=O.[HH].[HH].[HH].[HH].[HH].[HH]. The predicted octanol–water partition coefficient (Wildman–Crippen LogP) is 18.2. The number of halogens is 3. The second-order valence-electron chi connectivity index (χ2n) is 26.6. The third-order valence-corrected chi connectivity index (χ3v) is 19.5. The maximum absolute atomic E-state index is 14.7. The van der Waals surface area contributed by atoms with Crippen molar-refractivity contribution in [3.05, 3.63) is 229 Å². The normalized spacial score (nSPS) is 13.8. The van der Waals surface area contributed by atoms with Gasteiger partial charge in [0.2, 0.25) is 0 Å². The molecular formula is C82H102F3N15O6. The van der Waals surface area contributed by atoms with Crippen molar-refractivity contribution in [1.82, 2.24) is 69.7 Å². The van der Waals surface area contributed by atoms with Crippen LogP contribution < -0.4 is 33.0 Å². The van der Waals surface area contributed by atoms with Crippen LogP contribution in [0.15, 0.2) is 186 Å². The van der Waals surface area contributed by atoms with Crippen molar-refractivity contribution in [3.8, 4) is 102 Å². The van der Waals surface area contributed by atoms with Crippen molar-refractivity contribution in [1.29, 1.82) is 0 Å². The molecule has 1 aliphatic rings. The fraction of sp³-hybridized carbons (Fsp3) is 0.341. The molecule has 0 saturated heterocycles. The molecule has 3 atom stereocenters. The van der Waals surface area contributed by atoms with Gasteiger partial charge in [0.15, 0.2) is 17.3 Å². The third kappa shape index (κ3) is 17.9. The highest BCUT2D eigenvalue weighted by atomic mass is 19.1. The fourth-order valence-electron chi connectivity index (χ4n) is 13.2. The number of aryl methyl sites for hydroxylation is 3. The lowest BCUT2D eigenvalue weighted by Crippen LogP contribution is -2.25. The minimum absolute atomic E-state index is 0. The topological polar surface area (TPSA) is 272 Å². The summed E-state index contributed by atoms with van der Waals surface area (Å²) in [6.07, 6.45) is 17.3. The van der Waals surface area contributed by atoms with E-state index in [2.05, 4.69) is 94.7 Å². The lowest BCUT2D eigenvalue weighted by atomic mass is 10.0. The van der Waals surface area contributed by atoms with Gasteiger partial charge in [0, 0.05) is 134 Å². The zero-order chi connectivity index (χ0) is 75.1. The van der Waals surface area contributed by atoms with Crippen molar-refractivity contribution >= 4 is 0 Å². The minimum Gasteiger partial charge on any atom is -0.354 e. The highest BCUT2D eigenvalue weighted by Crippen LogP contribution is 2.35. The Bertz CT molecular complexity index is 5180. The first-order valence-corrected chi connectivity index (χ1v) is 36.3. The molecule has 0 spiro atoms. The van der Waals surface area contributed by atoms with Crippen LogP contribution in [0.25, 0.3) is 102 Å². The van der Waals surface area contributed by atoms with Crippen molar-refractivity contribution < 1.29 is 35.3 Å². The van der Waals surface area contributed by atoms with E-state index in [4.69, 9.17) is 34.3 Å². The van der Waals surface area contributed by atoms with Gasteiger partial charge in [-0.05, 0) is 139 Å². The number of hydrogen-bond donors (Lipinski definition) is 3. The van der Waals surface area contributed by atoms with E-state index < -0.39 is 18.9 Å². The van der Waals surface area contributed by atoms with Gasteiger partial charge in [-0.25, -0.2) is 28.1 Å². The van der Waals surface area contributed by atoms with Crippen LogP contribution in [0, 0.1) is 26.6 Å². The number of nitrogens with one attached hydrogen (secondary N) is 2. The summed E-state index contributed by atoms with van der Waals surface area (Å²) >= 11 is 0. The molecule has 0 radical (unpaired) electrons. The Balaban J connectivity index is 0.000000293. The minimum atomic E-state index is -0.681. The molecule has 0 bridgehead atoms. The second kappa shape index (κ2) is 35.2. The molecule has 2 unspecified atom stereocenters. The van der Waals surface area contributed by atoms with Crippen molar-refractivity contribution in [2.45, 2.75) is 170 Å². The van der Waals surface area contributed by atoms with Gasteiger partial charge in [0.05, 0.1) is 58.8 Å². The standard InChI is InChI=1S/C30H34FN5O2.2C26H28FN5O2.6H2/c1-4-25(5-2)36-18-22(10-13-29(36)37)27-17-32-19(3)30(34-27)28-15-26(35-38-28)21-8-6-20(7-9-21)16-33-24-12-11-23(31)14-24;1-5-19(6-2)32-15-18(8-10-25(32)33)23-14-29-16(3)26(30-23)24-12-22(31-34-24)20-9-7-17(13-28-4)11-21(20)27;1-4-20(5-2)32-15-19(9-10-25(32)33)23-14-29-16(3)26(30-23)24-12-22(31-34-24)18-8-6-7-17(11-18)21(28)13-27;;;;;;/h6-10,13,15,17-18,23-25,33H,4-5,11-12,14,16H2,1-3H3;7-12,14-15,19,28H,5-6,13H2,1-4H3;6-12,14-15,20-21H,4-5,13,28H2,1-3H3;6*1H/t23?,24-;;;;;;;;/m1......../s1. The molecule has 24 heteroatoms. The third-order valence-electron chi connectivity index (χ3n) is 19.5. The molecule has 0 amide bonds. The van der Waals surface area contributed by atoms with Crippen LogP contribution in [0.2, 0.25) is 0 Å². The van der Waals surface area contributed by atoms with E-state index in [0.717, 1.165) is 89.6 Å². The molecule has 21 nitrogen and oxygen atoms in total. The van der Waals surface area contributed by atoms with Crippen LogP contribution >= 0.6 is 0 Å². The van der Waals surface area contributed by atoms with E-state index in [1.807, 2.05) is 88.9 Å². The molecule has 562 valence electrons. The molecule has 13 rings (SSSR count). The van der Waals surface area contributed by atoms with Crippen molar-refractivity contribution in [2.75, 3.05) is 13.7 Å². The van der Waals surface area contributed by atoms with Gasteiger partial charge in [0.1, 0.15) is 52.8 Å². The number of alkyl halides is 2. The first-order chi connectivity index (χ1) is 51.3. The lowest BCUT2D eigenvalue weighted by Gasteiger charge is -2.17. The lowest BCUT2D eigenvalue weighted by molar-refractivity contribution is 0.333. The summed E-state index contributed by atoms with van der Waals surface area (Å²) < 4.78 is 63.2. The highest BCUT2D eigenvalue weighted by molar-refractivity contribution is 5.72. The predicted molar refractivity (Wildman–Crippen MR) is 419 cm³/mol.